The van der Waals surface area contributed by atoms with Gasteiger partial charge in [-0.25, -0.2) is 9.78 Å². The number of fused-ring (bicyclic) bond motifs is 1. The van der Waals surface area contributed by atoms with Crippen molar-refractivity contribution in [3.63, 3.8) is 0 Å². The molecule has 0 bridgehead atoms. The number of nitrogens with zero attached hydrogens (tertiary/aromatic N) is 6. The highest BCUT2D eigenvalue weighted by Gasteiger charge is 2.24. The zero-order valence-corrected chi connectivity index (χ0v) is 14.7. The van der Waals surface area contributed by atoms with Gasteiger partial charge in [0.25, 0.3) is 5.69 Å². The predicted molar refractivity (Wildman–Crippen MR) is 102 cm³/mol. The van der Waals surface area contributed by atoms with E-state index in [1.807, 2.05) is 4.90 Å². The molecule has 144 valence electrons. The number of piperazine rings is 1. The Morgan fingerprint density at radius 3 is 2.57 bits per heavy atom. The van der Waals surface area contributed by atoms with Crippen molar-refractivity contribution in [1.82, 2.24) is 24.8 Å². The molecule has 1 aliphatic rings. The highest BCUT2D eigenvalue weighted by Crippen LogP contribution is 2.23. The van der Waals surface area contributed by atoms with Gasteiger partial charge in [-0.2, -0.15) is 9.97 Å². The Bertz CT molecular complexity index is 1030. The minimum atomic E-state index is -0.485. The largest absolute Gasteiger partial charge is 0.368 e. The Morgan fingerprint density at radius 2 is 1.89 bits per heavy atom. The van der Waals surface area contributed by atoms with Crippen LogP contribution in [0.2, 0.25) is 0 Å². The van der Waals surface area contributed by atoms with Crippen LogP contribution in [-0.2, 0) is 0 Å². The lowest BCUT2D eigenvalue weighted by atomic mass is 10.3. The Hall–Kier alpha value is -3.96. The van der Waals surface area contributed by atoms with E-state index in [9.17, 15) is 14.9 Å². The Balaban J connectivity index is 1.40. The first-order chi connectivity index (χ1) is 13.5. The number of nitro benzene ring substituents is 1. The van der Waals surface area contributed by atoms with Crippen molar-refractivity contribution in [1.29, 1.82) is 0 Å². The van der Waals surface area contributed by atoms with Crippen LogP contribution in [0.5, 0.6) is 0 Å². The first-order valence-electron chi connectivity index (χ1n) is 8.53. The van der Waals surface area contributed by atoms with E-state index in [0.29, 0.717) is 48.8 Å². The number of anilines is 3. The maximum atomic E-state index is 12.5. The molecule has 0 radical (unpaired) electrons. The van der Waals surface area contributed by atoms with Crippen LogP contribution in [-0.4, -0.2) is 62.0 Å². The number of imidazole rings is 1. The van der Waals surface area contributed by atoms with Crippen molar-refractivity contribution in [2.75, 3.05) is 42.1 Å². The number of H-pyrrole nitrogens is 1. The van der Waals surface area contributed by atoms with Gasteiger partial charge in [0.15, 0.2) is 11.5 Å². The van der Waals surface area contributed by atoms with Gasteiger partial charge in [0.05, 0.1) is 11.3 Å². The number of carbonyl (C=O) groups is 1. The molecule has 3 aromatic rings. The lowest BCUT2D eigenvalue weighted by molar-refractivity contribution is -0.384. The minimum absolute atomic E-state index is 0.0270. The number of rotatable bonds is 3. The first-order valence-corrected chi connectivity index (χ1v) is 8.53. The van der Waals surface area contributed by atoms with Crippen LogP contribution in [0.15, 0.2) is 30.6 Å². The number of aromatic amines is 1. The molecule has 4 N–H and O–H groups in total. The number of nitro groups is 1. The number of hydrogen-bond acceptors (Lipinski definition) is 8. The fourth-order valence-corrected chi connectivity index (χ4v) is 3.05. The van der Waals surface area contributed by atoms with E-state index in [-0.39, 0.29) is 17.7 Å². The van der Waals surface area contributed by atoms with Gasteiger partial charge < -0.3 is 25.8 Å². The van der Waals surface area contributed by atoms with E-state index in [0.717, 1.165) is 0 Å². The van der Waals surface area contributed by atoms with Crippen LogP contribution >= 0.6 is 0 Å². The third-order valence-electron chi connectivity index (χ3n) is 4.48. The summed E-state index contributed by atoms with van der Waals surface area (Å²) in [5.41, 5.74) is 7.44. The van der Waals surface area contributed by atoms with Crippen molar-refractivity contribution in [2.45, 2.75) is 0 Å². The summed E-state index contributed by atoms with van der Waals surface area (Å²) in [6.45, 7) is 2.10. The van der Waals surface area contributed by atoms with Gasteiger partial charge in [-0.1, -0.05) is 0 Å². The fourth-order valence-electron chi connectivity index (χ4n) is 3.05. The summed E-state index contributed by atoms with van der Waals surface area (Å²) in [4.78, 5) is 41.9. The van der Waals surface area contributed by atoms with Crippen LogP contribution in [0.25, 0.3) is 11.2 Å². The first kappa shape index (κ1) is 17.5. The topological polar surface area (TPSA) is 159 Å². The molecule has 28 heavy (non-hydrogen) atoms. The van der Waals surface area contributed by atoms with Gasteiger partial charge in [0, 0.05) is 44.0 Å². The zero-order chi connectivity index (χ0) is 19.7. The number of carbonyl (C=O) groups excluding carboxylic acids is 1. The second kappa shape index (κ2) is 6.98. The van der Waals surface area contributed by atoms with Crippen LogP contribution in [0.4, 0.5) is 27.9 Å². The van der Waals surface area contributed by atoms with Gasteiger partial charge >= 0.3 is 6.03 Å². The van der Waals surface area contributed by atoms with E-state index in [1.54, 1.807) is 4.90 Å². The van der Waals surface area contributed by atoms with Crippen LogP contribution in [0.3, 0.4) is 0 Å². The van der Waals surface area contributed by atoms with Crippen molar-refractivity contribution in [2.24, 2.45) is 0 Å². The van der Waals surface area contributed by atoms with Gasteiger partial charge in [-0.15, -0.1) is 0 Å². The smallest absolute Gasteiger partial charge is 0.321 e. The Kier molecular flexibility index (Phi) is 4.35. The lowest BCUT2D eigenvalue weighted by Crippen LogP contribution is -2.50. The summed E-state index contributed by atoms with van der Waals surface area (Å²) >= 11 is 0. The van der Waals surface area contributed by atoms with Crippen LogP contribution in [0.1, 0.15) is 0 Å². The van der Waals surface area contributed by atoms with E-state index < -0.39 is 4.92 Å². The molecule has 12 nitrogen and oxygen atoms in total. The summed E-state index contributed by atoms with van der Waals surface area (Å²) in [7, 11) is 0. The molecule has 0 atom stereocenters. The fraction of sp³-hybridized carbons (Fsp3) is 0.250. The number of non-ortho nitro benzene ring substituents is 1. The van der Waals surface area contributed by atoms with Gasteiger partial charge in [-0.3, -0.25) is 10.1 Å². The van der Waals surface area contributed by atoms with Crippen LogP contribution < -0.4 is 16.0 Å². The van der Waals surface area contributed by atoms with E-state index in [4.69, 9.17) is 5.73 Å². The third-order valence-corrected chi connectivity index (χ3v) is 4.48. The number of amides is 2. The molecule has 1 aliphatic heterocycles. The quantitative estimate of drug-likeness (QED) is 0.449. The van der Waals surface area contributed by atoms with Gasteiger partial charge in [0.1, 0.15) is 5.52 Å². The van der Waals surface area contributed by atoms with Gasteiger partial charge in [0.2, 0.25) is 5.95 Å². The molecule has 2 aromatic heterocycles. The number of nitrogens with one attached hydrogen (secondary N) is 2. The number of aromatic nitrogens is 4. The van der Waals surface area contributed by atoms with Crippen molar-refractivity contribution in [3.05, 3.63) is 40.7 Å². The van der Waals surface area contributed by atoms with E-state index >= 15 is 0 Å². The normalized spacial score (nSPS) is 14.3. The molecule has 0 unspecified atom stereocenters. The molecule has 0 spiro atoms. The number of urea groups is 1. The average Bonchev–Trinajstić information content (AvgIpc) is 3.16. The molecule has 1 fully saturated rings. The van der Waals surface area contributed by atoms with Gasteiger partial charge in [-0.05, 0) is 12.1 Å². The molecular formula is C16H17N9O3. The molecule has 0 aliphatic carbocycles. The third kappa shape index (κ3) is 3.34. The Morgan fingerprint density at radius 1 is 1.18 bits per heavy atom. The highest BCUT2D eigenvalue weighted by atomic mass is 16.6. The van der Waals surface area contributed by atoms with E-state index in [1.165, 1.54) is 30.6 Å². The molecule has 1 saturated heterocycles. The van der Waals surface area contributed by atoms with Crippen LogP contribution in [0, 0.1) is 10.1 Å². The second-order valence-electron chi connectivity index (χ2n) is 6.21. The number of nitrogens with two attached hydrogens (primary N) is 1. The summed E-state index contributed by atoms with van der Waals surface area (Å²) < 4.78 is 0. The number of benzene rings is 1. The zero-order valence-electron chi connectivity index (χ0n) is 14.7. The Labute approximate surface area is 158 Å². The van der Waals surface area contributed by atoms with Crippen molar-refractivity contribution >= 4 is 40.3 Å². The van der Waals surface area contributed by atoms with Crippen molar-refractivity contribution < 1.29 is 9.72 Å². The molecule has 1 aromatic carbocycles. The van der Waals surface area contributed by atoms with E-state index in [2.05, 4.69) is 25.3 Å². The molecule has 2 amide bonds. The minimum Gasteiger partial charge on any atom is -0.368 e. The molecule has 4 rings (SSSR count). The maximum absolute atomic E-state index is 12.5. The van der Waals surface area contributed by atoms with Crippen molar-refractivity contribution in [3.8, 4) is 0 Å². The number of nitrogen functional groups attached to an aromatic ring is 1. The molecule has 0 saturated carbocycles. The number of hydrogen-bond donors (Lipinski definition) is 3. The lowest BCUT2D eigenvalue weighted by Gasteiger charge is -2.35. The summed E-state index contributed by atoms with van der Waals surface area (Å²) in [5, 5.41) is 13.4. The molecule has 12 heteroatoms. The summed E-state index contributed by atoms with van der Waals surface area (Å²) in [5.74, 6) is 0.809. The maximum Gasteiger partial charge on any atom is 0.321 e. The highest BCUT2D eigenvalue weighted by molar-refractivity contribution is 5.90. The standard InChI is InChI=1S/C16H17N9O3/c17-15-21-13-12(18-9-19-13)14(22-15)23-5-7-24(8-6-23)16(26)20-10-1-3-11(4-2-10)25(27)28/h1-4,9H,5-8H2,(H,20,26)(H3,17,18,19,21,22). The second-order valence-corrected chi connectivity index (χ2v) is 6.21. The monoisotopic (exact) mass is 383 g/mol. The summed E-state index contributed by atoms with van der Waals surface area (Å²) in [6, 6.07) is 5.45. The molecular weight excluding hydrogens is 366 g/mol. The molecule has 3 heterocycles. The summed E-state index contributed by atoms with van der Waals surface area (Å²) in [6.07, 6.45) is 1.54. The predicted octanol–water partition coefficient (Wildman–Crippen LogP) is 1.20. The SMILES string of the molecule is Nc1nc(N2CCN(C(=O)Nc3ccc([N+](=O)[O-])cc3)CC2)c2[nH]cnc2n1. The average molecular weight is 383 g/mol.